The third-order valence-electron chi connectivity index (χ3n) is 2.17. The first-order chi connectivity index (χ1) is 9.63. The Morgan fingerprint density at radius 3 is 1.58 bits per heavy atom. The smallest absolute Gasteiger partial charge is 0.668 e. The van der Waals surface area contributed by atoms with Gasteiger partial charge in [0.25, 0.3) is 0 Å². The van der Waals surface area contributed by atoms with Crippen LogP contribution in [0.4, 0.5) is 0 Å². The first-order valence-electron chi connectivity index (χ1n) is 8.20. The van der Waals surface area contributed by atoms with E-state index in [-0.39, 0.29) is 39.5 Å². The van der Waals surface area contributed by atoms with Gasteiger partial charge < -0.3 is 23.0 Å². The van der Waals surface area contributed by atoms with Crippen LogP contribution in [-0.4, -0.2) is 43.5 Å². The van der Waals surface area contributed by atoms with Gasteiger partial charge in [-0.2, -0.15) is 35.2 Å². The molecule has 0 aromatic rings. The zero-order valence-corrected chi connectivity index (χ0v) is 17.4. The molecular formula is C14H35N3SiZr. The molecule has 1 fully saturated rings. The van der Waals surface area contributed by atoms with E-state index >= 15 is 0 Å². The minimum atomic E-state index is -1.67. The van der Waals surface area contributed by atoms with Crippen LogP contribution in [0.2, 0.25) is 19.1 Å². The van der Waals surface area contributed by atoms with Crippen LogP contribution >= 0.6 is 0 Å². The van der Waals surface area contributed by atoms with Crippen molar-refractivity contribution in [2.24, 2.45) is 5.92 Å². The molecule has 114 valence electrons. The zero-order chi connectivity index (χ0) is 17.2. The van der Waals surface area contributed by atoms with E-state index < -0.39 is 33.8 Å². The van der Waals surface area contributed by atoms with E-state index in [0.717, 1.165) is 6.04 Å². The second-order valence-electron chi connectivity index (χ2n) is 4.57. The molecule has 5 heteroatoms. The maximum absolute atomic E-state index is 7.86. The molecule has 4 unspecified atom stereocenters. The van der Waals surface area contributed by atoms with Gasteiger partial charge in [-0.25, -0.2) is 0 Å². The maximum Gasteiger partial charge on any atom is 4.00 e. The molecule has 1 saturated carbocycles. The first-order valence-corrected chi connectivity index (χ1v) is 9.04. The Kier molecular flexibility index (Phi) is 18.0. The Bertz CT molecular complexity index is 250. The predicted octanol–water partition coefficient (Wildman–Crippen LogP) is 5.07. The molecule has 0 bridgehead atoms. The summed E-state index contributed by atoms with van der Waals surface area (Å²) in [5.74, 6) is -0.125. The fourth-order valence-corrected chi connectivity index (χ4v) is 2.89. The van der Waals surface area contributed by atoms with Gasteiger partial charge in [-0.1, -0.05) is 53.0 Å². The largest absolute Gasteiger partial charge is 4.00 e. The van der Waals surface area contributed by atoms with Crippen LogP contribution in [0.25, 0.3) is 15.6 Å². The Labute approximate surface area is 148 Å². The van der Waals surface area contributed by atoms with Gasteiger partial charge in [0.15, 0.2) is 0 Å². The third kappa shape index (κ3) is 21.4. The summed E-state index contributed by atoms with van der Waals surface area (Å²) in [6, 6.07) is 0.774. The van der Waals surface area contributed by atoms with Crippen molar-refractivity contribution in [2.75, 3.05) is 35.2 Å². The molecule has 0 saturated heterocycles. The zero-order valence-electron chi connectivity index (χ0n) is 17.9. The topological polar surface area (TPSA) is 42.3 Å². The van der Waals surface area contributed by atoms with Gasteiger partial charge in [-0.05, 0) is 5.92 Å². The van der Waals surface area contributed by atoms with E-state index in [4.69, 9.17) is 5.48 Å². The van der Waals surface area contributed by atoms with Crippen molar-refractivity contribution < 1.29 is 31.7 Å². The fraction of sp³-hybridized carbons (Fsp3) is 0.929. The second-order valence-corrected chi connectivity index (χ2v) is 9.05. The average Bonchev–Trinajstić information content (AvgIpc) is 2.58. The van der Waals surface area contributed by atoms with E-state index in [1.165, 1.54) is 0 Å². The Balaban J connectivity index is -0.000000197. The third-order valence-corrected chi connectivity index (χ3v) is 4.85. The minimum Gasteiger partial charge on any atom is -0.668 e. The second kappa shape index (κ2) is 19.0. The fourth-order valence-electron chi connectivity index (χ4n) is 1.28. The minimum absolute atomic E-state index is 0. The Hall–Kier alpha value is 0.980. The molecule has 0 radical (unpaired) electrons. The standard InChI is InChI=1S/C9H20NSi.2C2H6N.CH3.Zr/c1-10-11(2,3)8-9-6-4-5-7-9;2*1-3-2;;/h9H,4-8H2,1-3H3;2*1-2H3;1H3;/q4*-1;+4/i4D,5D,6D,7D;;;;. The van der Waals surface area contributed by atoms with Gasteiger partial charge in [-0.15, -0.1) is 0 Å². The summed E-state index contributed by atoms with van der Waals surface area (Å²) in [4.78, 5) is 4.35. The van der Waals surface area contributed by atoms with Crippen LogP contribution in [0.1, 0.15) is 31.1 Å². The summed E-state index contributed by atoms with van der Waals surface area (Å²) >= 11 is 0. The molecule has 0 amide bonds. The van der Waals surface area contributed by atoms with Crippen molar-refractivity contribution in [3.8, 4) is 0 Å². The Morgan fingerprint density at radius 2 is 1.32 bits per heavy atom. The summed E-state index contributed by atoms with van der Waals surface area (Å²) in [6.07, 6.45) is -2.55. The monoisotopic (exact) mass is 367 g/mol. The number of hydrogen-bond acceptors (Lipinski definition) is 0. The molecule has 0 spiro atoms. The van der Waals surface area contributed by atoms with Crippen LogP contribution in [0.5, 0.6) is 0 Å². The van der Waals surface area contributed by atoms with Crippen molar-refractivity contribution >= 4 is 8.24 Å². The number of nitrogens with zero attached hydrogens (tertiary/aromatic N) is 3. The van der Waals surface area contributed by atoms with Gasteiger partial charge in [-0.3, -0.25) is 0 Å². The molecule has 1 rings (SSSR count). The quantitative estimate of drug-likeness (QED) is 0.493. The number of hydrogen-bond donors (Lipinski definition) is 0. The summed E-state index contributed by atoms with van der Waals surface area (Å²) in [6.45, 7) is 4.23. The van der Waals surface area contributed by atoms with Crippen LogP contribution in [0.3, 0.4) is 0 Å². The Morgan fingerprint density at radius 1 is 1.00 bits per heavy atom. The molecule has 0 aromatic heterocycles. The van der Waals surface area contributed by atoms with Gasteiger partial charge in [0.1, 0.15) is 0 Å². The molecule has 0 N–H and O–H groups in total. The number of rotatable bonds is 3. The van der Waals surface area contributed by atoms with Crippen LogP contribution in [-0.2, 0) is 26.2 Å². The van der Waals surface area contributed by atoms with Crippen LogP contribution < -0.4 is 0 Å². The molecule has 4 atom stereocenters. The van der Waals surface area contributed by atoms with E-state index in [9.17, 15) is 0 Å². The maximum atomic E-state index is 7.86. The van der Waals surface area contributed by atoms with Crippen molar-refractivity contribution in [2.45, 2.75) is 44.7 Å². The molecular weight excluding hydrogens is 329 g/mol. The molecule has 0 aromatic carbocycles. The summed E-state index contributed by atoms with van der Waals surface area (Å²) < 4.78 is 31.0. The van der Waals surface area contributed by atoms with Crippen molar-refractivity contribution in [1.82, 2.24) is 0 Å². The normalized spacial score (nSPS) is 35.4. The van der Waals surface area contributed by atoms with Crippen LogP contribution in [0, 0.1) is 13.3 Å². The van der Waals surface area contributed by atoms with Gasteiger partial charge in [0, 0.05) is 5.48 Å². The average molecular weight is 369 g/mol. The predicted molar refractivity (Wildman–Crippen MR) is 90.4 cm³/mol. The summed E-state index contributed by atoms with van der Waals surface area (Å²) in [5, 5.41) is 7.00. The van der Waals surface area contributed by atoms with Crippen molar-refractivity contribution in [3.63, 3.8) is 0 Å². The summed E-state index contributed by atoms with van der Waals surface area (Å²) in [5.41, 5.74) is 0. The molecule has 19 heavy (non-hydrogen) atoms. The SMILES string of the molecule is C[N-]C.C[N-]C.[2H]C1C([2H])C([2H])C(C[Si](C)(C)[N-]C)C1[2H].[CH3-].[Zr+4]. The van der Waals surface area contributed by atoms with Gasteiger partial charge >= 0.3 is 26.2 Å². The van der Waals surface area contributed by atoms with Crippen molar-refractivity contribution in [3.05, 3.63) is 23.0 Å². The molecule has 0 aliphatic heterocycles. The first kappa shape index (κ1) is 18.0. The van der Waals surface area contributed by atoms with Gasteiger partial charge in [0.05, 0.1) is 0 Å². The van der Waals surface area contributed by atoms with E-state index in [0.29, 0.717) is 0 Å². The van der Waals surface area contributed by atoms with Crippen LogP contribution in [0.15, 0.2) is 0 Å². The van der Waals surface area contributed by atoms with E-state index in [1.807, 2.05) is 0 Å². The molecule has 0 heterocycles. The van der Waals surface area contributed by atoms with E-state index in [2.05, 4.69) is 28.7 Å². The van der Waals surface area contributed by atoms with E-state index in [1.54, 1.807) is 35.2 Å². The molecule has 1 aliphatic carbocycles. The molecule has 1 aliphatic rings. The van der Waals surface area contributed by atoms with Gasteiger partial charge in [0.2, 0.25) is 0 Å². The molecule has 3 nitrogen and oxygen atoms in total. The van der Waals surface area contributed by atoms with Crippen molar-refractivity contribution in [1.29, 1.82) is 0 Å². The summed E-state index contributed by atoms with van der Waals surface area (Å²) in [7, 11) is 7.13.